The van der Waals surface area contributed by atoms with Gasteiger partial charge in [-0.05, 0) is 51.7 Å². The third-order valence-electron chi connectivity index (χ3n) is 4.57. The summed E-state index contributed by atoms with van der Waals surface area (Å²) in [6.07, 6.45) is 3.52. The van der Waals surface area contributed by atoms with Gasteiger partial charge in [-0.15, -0.1) is 0 Å². The Kier molecular flexibility index (Phi) is 3.63. The topological polar surface area (TPSA) is 47.3 Å². The summed E-state index contributed by atoms with van der Waals surface area (Å²) in [6, 6.07) is 2.59. The van der Waals surface area contributed by atoms with Crippen LogP contribution in [-0.4, -0.2) is 48.9 Å². The van der Waals surface area contributed by atoms with Crippen LogP contribution < -0.4 is 0 Å². The molecule has 1 aliphatic heterocycles. The number of hydrogen-bond donors (Lipinski definition) is 0. The summed E-state index contributed by atoms with van der Waals surface area (Å²) < 4.78 is 0. The quantitative estimate of drug-likeness (QED) is 0.744. The Morgan fingerprint density at radius 1 is 1.39 bits per heavy atom. The van der Waals surface area contributed by atoms with Crippen molar-refractivity contribution in [3.63, 3.8) is 0 Å². The van der Waals surface area contributed by atoms with Gasteiger partial charge in [0, 0.05) is 13.1 Å². The molecule has 4 nitrogen and oxygen atoms in total. The molecule has 0 unspecified atom stereocenters. The molecule has 0 spiro atoms. The van der Waals surface area contributed by atoms with Gasteiger partial charge in [-0.1, -0.05) is 6.92 Å². The fourth-order valence-corrected chi connectivity index (χ4v) is 3.33. The Morgan fingerprint density at radius 2 is 1.94 bits per heavy atom. The Hall–Kier alpha value is -1.08. The molecule has 4 heteroatoms. The van der Waals surface area contributed by atoms with Crippen LogP contribution in [0.25, 0.3) is 0 Å². The smallest absolute Gasteiger partial charge is 0.243 e. The minimum absolute atomic E-state index is 0.0534. The van der Waals surface area contributed by atoms with Crippen LogP contribution in [0.4, 0.5) is 0 Å². The highest BCUT2D eigenvalue weighted by atomic mass is 16.2. The summed E-state index contributed by atoms with van der Waals surface area (Å²) >= 11 is 0. The molecule has 1 aliphatic carbocycles. The molecule has 0 atom stereocenters. The molecule has 1 saturated carbocycles. The van der Waals surface area contributed by atoms with Crippen LogP contribution in [0.3, 0.4) is 0 Å². The van der Waals surface area contributed by atoms with Crippen molar-refractivity contribution >= 4 is 5.91 Å². The average molecular weight is 249 g/mol. The fraction of sp³-hybridized carbons (Fsp3) is 0.857. The number of hydrogen-bond acceptors (Lipinski definition) is 3. The lowest BCUT2D eigenvalue weighted by Crippen LogP contribution is -2.53. The first-order valence-electron chi connectivity index (χ1n) is 6.85. The first kappa shape index (κ1) is 13.4. The summed E-state index contributed by atoms with van der Waals surface area (Å²) in [5.41, 5.74) is -0.711. The molecule has 2 fully saturated rings. The van der Waals surface area contributed by atoms with E-state index in [4.69, 9.17) is 0 Å². The van der Waals surface area contributed by atoms with E-state index in [2.05, 4.69) is 24.9 Å². The third kappa shape index (κ3) is 2.24. The maximum atomic E-state index is 12.5. The number of likely N-dealkylation sites (tertiary alicyclic amines) is 1. The number of rotatable bonds is 2. The van der Waals surface area contributed by atoms with E-state index in [1.54, 1.807) is 0 Å². The number of carbonyl (C=O) groups excluding carboxylic acids is 1. The van der Waals surface area contributed by atoms with Crippen molar-refractivity contribution < 1.29 is 4.79 Å². The van der Waals surface area contributed by atoms with Gasteiger partial charge in [0.05, 0.1) is 6.07 Å². The van der Waals surface area contributed by atoms with E-state index in [1.165, 1.54) is 0 Å². The molecule has 2 rings (SSSR count). The van der Waals surface area contributed by atoms with Gasteiger partial charge in [-0.3, -0.25) is 4.79 Å². The number of nitriles is 1. The monoisotopic (exact) mass is 249 g/mol. The predicted octanol–water partition coefficient (Wildman–Crippen LogP) is 1.48. The minimum Gasteiger partial charge on any atom is -0.341 e. The van der Waals surface area contributed by atoms with Crippen molar-refractivity contribution in [3.05, 3.63) is 0 Å². The van der Waals surface area contributed by atoms with Gasteiger partial charge < -0.3 is 9.80 Å². The summed E-state index contributed by atoms with van der Waals surface area (Å²) in [5, 5.41) is 9.31. The molecule has 100 valence electrons. The molecule has 1 heterocycles. The van der Waals surface area contributed by atoms with E-state index in [0.29, 0.717) is 12.0 Å². The first-order valence-corrected chi connectivity index (χ1v) is 6.85. The number of amides is 1. The van der Waals surface area contributed by atoms with Crippen LogP contribution in [0.1, 0.15) is 32.6 Å². The highest BCUT2D eigenvalue weighted by Crippen LogP contribution is 2.46. The van der Waals surface area contributed by atoms with Gasteiger partial charge in [0.15, 0.2) is 0 Å². The highest BCUT2D eigenvalue weighted by molar-refractivity contribution is 5.86. The number of piperidine rings is 1. The van der Waals surface area contributed by atoms with E-state index in [9.17, 15) is 10.1 Å². The maximum Gasteiger partial charge on any atom is 0.243 e. The molecular formula is C14H23N3O. The number of nitrogens with zero attached hydrogens (tertiary/aromatic N) is 3. The van der Waals surface area contributed by atoms with Crippen molar-refractivity contribution in [1.82, 2.24) is 9.80 Å². The highest BCUT2D eigenvalue weighted by Gasteiger charge is 2.51. The lowest BCUT2D eigenvalue weighted by molar-refractivity contribution is -0.147. The zero-order chi connectivity index (χ0) is 13.3. The second-order valence-corrected chi connectivity index (χ2v) is 6.16. The third-order valence-corrected chi connectivity index (χ3v) is 4.57. The Balaban J connectivity index is 1.99. The van der Waals surface area contributed by atoms with Crippen LogP contribution in [-0.2, 0) is 4.79 Å². The lowest BCUT2D eigenvalue weighted by atomic mass is 9.62. The van der Waals surface area contributed by atoms with E-state index in [0.717, 1.165) is 38.8 Å². The van der Waals surface area contributed by atoms with Gasteiger partial charge in [0.25, 0.3) is 0 Å². The van der Waals surface area contributed by atoms with Gasteiger partial charge >= 0.3 is 0 Å². The summed E-state index contributed by atoms with van der Waals surface area (Å²) in [7, 11) is 3.99. The molecule has 0 aromatic heterocycles. The van der Waals surface area contributed by atoms with E-state index in [-0.39, 0.29) is 5.91 Å². The Bertz CT molecular complexity index is 360. The zero-order valence-corrected chi connectivity index (χ0v) is 11.6. The van der Waals surface area contributed by atoms with Crippen LogP contribution in [0.15, 0.2) is 0 Å². The fourth-order valence-electron chi connectivity index (χ4n) is 3.33. The van der Waals surface area contributed by atoms with Crippen molar-refractivity contribution in [2.24, 2.45) is 11.3 Å². The SMILES string of the molecule is CC1CC(C#N)(C(=O)N(C)C2CCN(C)CC2)C1. The molecule has 0 radical (unpaired) electrons. The molecule has 1 saturated heterocycles. The summed E-state index contributed by atoms with van der Waals surface area (Å²) in [4.78, 5) is 16.6. The molecule has 0 N–H and O–H groups in total. The van der Waals surface area contributed by atoms with Crippen molar-refractivity contribution in [2.45, 2.75) is 38.6 Å². The predicted molar refractivity (Wildman–Crippen MR) is 69.7 cm³/mol. The van der Waals surface area contributed by atoms with E-state index < -0.39 is 5.41 Å². The average Bonchev–Trinajstić information content (AvgIpc) is 2.34. The van der Waals surface area contributed by atoms with Crippen molar-refractivity contribution in [2.75, 3.05) is 27.2 Å². The van der Waals surface area contributed by atoms with Gasteiger partial charge in [0.1, 0.15) is 5.41 Å². The largest absolute Gasteiger partial charge is 0.341 e. The Labute approximate surface area is 110 Å². The first-order chi connectivity index (χ1) is 8.48. The molecule has 2 aliphatic rings. The minimum atomic E-state index is -0.711. The van der Waals surface area contributed by atoms with Gasteiger partial charge in [0.2, 0.25) is 5.91 Å². The Morgan fingerprint density at radius 3 is 2.39 bits per heavy atom. The van der Waals surface area contributed by atoms with Crippen molar-refractivity contribution in [1.29, 1.82) is 5.26 Å². The lowest BCUT2D eigenvalue weighted by Gasteiger charge is -2.44. The standard InChI is InChI=1S/C14H23N3O/c1-11-8-14(9-11,10-15)13(18)17(3)12-4-6-16(2)7-5-12/h11-12H,4-9H2,1-3H3. The van der Waals surface area contributed by atoms with Crippen molar-refractivity contribution in [3.8, 4) is 6.07 Å². The van der Waals surface area contributed by atoms with Crippen LogP contribution in [0.2, 0.25) is 0 Å². The number of carbonyl (C=O) groups is 1. The molecular weight excluding hydrogens is 226 g/mol. The van der Waals surface area contributed by atoms with Gasteiger partial charge in [-0.25, -0.2) is 0 Å². The van der Waals surface area contributed by atoms with Crippen LogP contribution in [0, 0.1) is 22.7 Å². The van der Waals surface area contributed by atoms with E-state index in [1.807, 2.05) is 11.9 Å². The van der Waals surface area contributed by atoms with Crippen LogP contribution >= 0.6 is 0 Å². The normalized spacial score (nSPS) is 33.6. The second kappa shape index (κ2) is 4.89. The summed E-state index contributed by atoms with van der Waals surface area (Å²) in [5.74, 6) is 0.567. The second-order valence-electron chi connectivity index (χ2n) is 6.16. The molecule has 1 amide bonds. The van der Waals surface area contributed by atoms with E-state index >= 15 is 0 Å². The molecule has 18 heavy (non-hydrogen) atoms. The maximum absolute atomic E-state index is 12.5. The summed E-state index contributed by atoms with van der Waals surface area (Å²) in [6.45, 7) is 4.19. The van der Waals surface area contributed by atoms with Gasteiger partial charge in [-0.2, -0.15) is 5.26 Å². The molecule has 0 aromatic carbocycles. The van der Waals surface area contributed by atoms with Crippen LogP contribution in [0.5, 0.6) is 0 Å². The molecule has 0 aromatic rings. The zero-order valence-electron chi connectivity index (χ0n) is 11.6. The molecule has 0 bridgehead atoms.